The second-order valence-corrected chi connectivity index (χ2v) is 5.72. The minimum absolute atomic E-state index is 0.203. The van der Waals surface area contributed by atoms with Crippen molar-refractivity contribution in [1.82, 2.24) is 5.32 Å². The van der Waals surface area contributed by atoms with Crippen molar-refractivity contribution in [3.05, 3.63) is 70.5 Å². The summed E-state index contributed by atoms with van der Waals surface area (Å²) in [6.07, 6.45) is 1.89. The van der Waals surface area contributed by atoms with E-state index in [1.54, 1.807) is 6.07 Å². The van der Waals surface area contributed by atoms with Gasteiger partial charge >= 0.3 is 0 Å². The van der Waals surface area contributed by atoms with Gasteiger partial charge < -0.3 is 5.32 Å². The van der Waals surface area contributed by atoms with Crippen LogP contribution in [0.15, 0.2) is 48.5 Å². The summed E-state index contributed by atoms with van der Waals surface area (Å²) in [6, 6.07) is 15.5. The summed E-state index contributed by atoms with van der Waals surface area (Å²) >= 11 is 5.87. The molecule has 0 radical (unpaired) electrons. The lowest BCUT2D eigenvalue weighted by Crippen LogP contribution is -2.25. The molecule has 112 valence electrons. The van der Waals surface area contributed by atoms with Gasteiger partial charge in [0.2, 0.25) is 0 Å². The molecule has 0 saturated heterocycles. The van der Waals surface area contributed by atoms with Crippen LogP contribution in [-0.2, 0) is 12.8 Å². The van der Waals surface area contributed by atoms with E-state index in [-0.39, 0.29) is 10.8 Å². The Morgan fingerprint density at radius 2 is 1.76 bits per heavy atom. The maximum atomic E-state index is 13.2. The van der Waals surface area contributed by atoms with Crippen molar-refractivity contribution in [3.8, 4) is 0 Å². The Morgan fingerprint density at radius 1 is 1.05 bits per heavy atom. The van der Waals surface area contributed by atoms with Crippen molar-refractivity contribution in [3.63, 3.8) is 0 Å². The van der Waals surface area contributed by atoms with Crippen LogP contribution in [0.25, 0.3) is 0 Å². The van der Waals surface area contributed by atoms with E-state index in [2.05, 4.69) is 36.5 Å². The highest BCUT2D eigenvalue weighted by Crippen LogP contribution is 2.20. The van der Waals surface area contributed by atoms with Crippen LogP contribution in [0.3, 0.4) is 0 Å². The van der Waals surface area contributed by atoms with Gasteiger partial charge in [-0.3, -0.25) is 0 Å². The quantitative estimate of drug-likeness (QED) is 0.794. The van der Waals surface area contributed by atoms with Crippen LogP contribution in [0.5, 0.6) is 0 Å². The number of hydrogen-bond acceptors (Lipinski definition) is 1. The summed E-state index contributed by atoms with van der Waals surface area (Å²) in [6.45, 7) is 4.00. The topological polar surface area (TPSA) is 12.0 Å². The molecule has 0 bridgehead atoms. The van der Waals surface area contributed by atoms with Crippen molar-refractivity contribution in [1.29, 1.82) is 0 Å². The molecule has 0 aromatic heterocycles. The Hall–Kier alpha value is -1.38. The highest BCUT2D eigenvalue weighted by molar-refractivity contribution is 6.30. The Bertz CT molecular complexity index is 556. The fraction of sp³-hybridized carbons (Fsp3) is 0.333. The van der Waals surface area contributed by atoms with Crippen molar-refractivity contribution in [2.24, 2.45) is 5.92 Å². The fourth-order valence-corrected chi connectivity index (χ4v) is 2.72. The van der Waals surface area contributed by atoms with E-state index < -0.39 is 0 Å². The SMILES string of the molecule is CCNCC(Cc1ccccc1)Cc1ccc(F)c(Cl)c1. The second-order valence-electron chi connectivity index (χ2n) is 5.32. The van der Waals surface area contributed by atoms with E-state index in [1.807, 2.05) is 12.1 Å². The Morgan fingerprint density at radius 3 is 2.43 bits per heavy atom. The van der Waals surface area contributed by atoms with Crippen LogP contribution in [-0.4, -0.2) is 13.1 Å². The van der Waals surface area contributed by atoms with Crippen LogP contribution < -0.4 is 5.32 Å². The zero-order chi connectivity index (χ0) is 15.1. The summed E-state index contributed by atoms with van der Waals surface area (Å²) in [4.78, 5) is 0. The third kappa shape index (κ3) is 5.14. The van der Waals surface area contributed by atoms with Gasteiger partial charge in [-0.05, 0) is 55.1 Å². The van der Waals surface area contributed by atoms with Gasteiger partial charge in [-0.1, -0.05) is 54.9 Å². The molecule has 1 nitrogen and oxygen atoms in total. The fourth-order valence-electron chi connectivity index (χ4n) is 2.51. The molecule has 2 rings (SSSR count). The third-order valence-electron chi connectivity index (χ3n) is 3.56. The van der Waals surface area contributed by atoms with E-state index in [9.17, 15) is 4.39 Å². The number of rotatable bonds is 7. The van der Waals surface area contributed by atoms with E-state index in [0.29, 0.717) is 5.92 Å². The molecule has 0 saturated carbocycles. The van der Waals surface area contributed by atoms with Crippen LogP contribution >= 0.6 is 11.6 Å². The first-order valence-electron chi connectivity index (χ1n) is 7.37. The van der Waals surface area contributed by atoms with Gasteiger partial charge in [-0.2, -0.15) is 0 Å². The van der Waals surface area contributed by atoms with E-state index in [1.165, 1.54) is 11.6 Å². The predicted octanol–water partition coefficient (Wildman–Crippen LogP) is 4.49. The van der Waals surface area contributed by atoms with Gasteiger partial charge in [0.15, 0.2) is 0 Å². The molecule has 0 aliphatic carbocycles. The van der Waals surface area contributed by atoms with Gasteiger partial charge in [0.25, 0.3) is 0 Å². The van der Waals surface area contributed by atoms with Gasteiger partial charge in [-0.15, -0.1) is 0 Å². The first kappa shape index (κ1) is 16.0. The summed E-state index contributed by atoms with van der Waals surface area (Å²) in [5.74, 6) is 0.112. The van der Waals surface area contributed by atoms with Crippen LogP contribution in [0.2, 0.25) is 5.02 Å². The maximum absolute atomic E-state index is 13.2. The molecule has 1 atom stereocenters. The van der Waals surface area contributed by atoms with Crippen LogP contribution in [0.4, 0.5) is 4.39 Å². The normalized spacial score (nSPS) is 12.3. The molecule has 1 N–H and O–H groups in total. The van der Waals surface area contributed by atoms with Gasteiger partial charge in [0.05, 0.1) is 5.02 Å². The molecule has 2 aromatic rings. The smallest absolute Gasteiger partial charge is 0.141 e. The highest BCUT2D eigenvalue weighted by atomic mass is 35.5. The summed E-state index contributed by atoms with van der Waals surface area (Å²) < 4.78 is 13.2. The standard InChI is InChI=1S/C18H21ClFN/c1-2-21-13-16(10-14-6-4-3-5-7-14)11-15-8-9-18(20)17(19)12-15/h3-9,12,16,21H,2,10-11,13H2,1H3. The monoisotopic (exact) mass is 305 g/mol. The molecule has 0 aliphatic heterocycles. The Labute approximate surface area is 131 Å². The second kappa shape index (κ2) is 8.16. The lowest BCUT2D eigenvalue weighted by Gasteiger charge is -2.18. The van der Waals surface area contributed by atoms with Gasteiger partial charge in [-0.25, -0.2) is 4.39 Å². The predicted molar refractivity (Wildman–Crippen MR) is 87.3 cm³/mol. The molecule has 0 aliphatic rings. The summed E-state index contributed by atoms with van der Waals surface area (Å²) in [7, 11) is 0. The van der Waals surface area contributed by atoms with Gasteiger partial charge in [0.1, 0.15) is 5.82 Å². The first-order valence-corrected chi connectivity index (χ1v) is 7.75. The lowest BCUT2D eigenvalue weighted by atomic mass is 9.92. The molecule has 2 aromatic carbocycles. The minimum atomic E-state index is -0.355. The van der Waals surface area contributed by atoms with E-state index in [0.717, 1.165) is 31.5 Å². The third-order valence-corrected chi connectivity index (χ3v) is 3.85. The number of benzene rings is 2. The first-order chi connectivity index (χ1) is 10.2. The summed E-state index contributed by atoms with van der Waals surface area (Å²) in [5.41, 5.74) is 2.41. The minimum Gasteiger partial charge on any atom is -0.317 e. The molecule has 0 fully saturated rings. The zero-order valence-corrected chi connectivity index (χ0v) is 13.0. The molecule has 0 spiro atoms. The van der Waals surface area contributed by atoms with Crippen LogP contribution in [0, 0.1) is 11.7 Å². The molecular formula is C18H21ClFN. The largest absolute Gasteiger partial charge is 0.317 e. The molecule has 21 heavy (non-hydrogen) atoms. The number of nitrogens with one attached hydrogen (secondary N) is 1. The van der Waals surface area contributed by atoms with Crippen LogP contribution in [0.1, 0.15) is 18.1 Å². The number of hydrogen-bond donors (Lipinski definition) is 1. The van der Waals surface area contributed by atoms with E-state index in [4.69, 9.17) is 11.6 Å². The number of halogens is 2. The summed E-state index contributed by atoms with van der Waals surface area (Å²) in [5, 5.41) is 3.61. The molecule has 1 unspecified atom stereocenters. The molecular weight excluding hydrogens is 285 g/mol. The average molecular weight is 306 g/mol. The highest BCUT2D eigenvalue weighted by Gasteiger charge is 2.11. The maximum Gasteiger partial charge on any atom is 0.141 e. The van der Waals surface area contributed by atoms with E-state index >= 15 is 0 Å². The zero-order valence-electron chi connectivity index (χ0n) is 12.3. The Balaban J connectivity index is 2.06. The van der Waals surface area contributed by atoms with Crippen molar-refractivity contribution in [2.75, 3.05) is 13.1 Å². The van der Waals surface area contributed by atoms with Crippen molar-refractivity contribution < 1.29 is 4.39 Å². The Kier molecular flexibility index (Phi) is 6.21. The molecule has 0 heterocycles. The average Bonchev–Trinajstić information content (AvgIpc) is 2.49. The van der Waals surface area contributed by atoms with Crippen molar-refractivity contribution in [2.45, 2.75) is 19.8 Å². The van der Waals surface area contributed by atoms with Crippen molar-refractivity contribution >= 4 is 11.6 Å². The molecule has 0 amide bonds. The van der Waals surface area contributed by atoms with Gasteiger partial charge in [0, 0.05) is 0 Å². The lowest BCUT2D eigenvalue weighted by molar-refractivity contribution is 0.478. The molecule has 3 heteroatoms.